The number of pyridine rings is 1. The van der Waals surface area contributed by atoms with E-state index in [0.29, 0.717) is 11.4 Å². The predicted molar refractivity (Wildman–Crippen MR) is 73.0 cm³/mol. The molecule has 0 unspecified atom stereocenters. The molecule has 0 aliphatic heterocycles. The number of nitrogen functional groups attached to an aromatic ring is 1. The van der Waals surface area contributed by atoms with Crippen molar-refractivity contribution in [1.82, 2.24) is 4.98 Å². The van der Waals surface area contributed by atoms with Crippen LogP contribution in [0.15, 0.2) is 50.8 Å². The summed E-state index contributed by atoms with van der Waals surface area (Å²) in [6.07, 6.45) is 1.28. The number of anilines is 1. The number of nitrogens with zero attached hydrogens (tertiary/aromatic N) is 1. The van der Waals surface area contributed by atoms with E-state index in [1.165, 1.54) is 12.3 Å². The third-order valence-corrected chi connectivity index (χ3v) is 4.79. The second-order valence-electron chi connectivity index (χ2n) is 3.83. The van der Waals surface area contributed by atoms with Crippen molar-refractivity contribution in [2.24, 2.45) is 0 Å². The van der Waals surface area contributed by atoms with E-state index in [1.807, 2.05) is 0 Å². The molecule has 94 valence electrons. The largest absolute Gasteiger partial charge is 0.383 e. The van der Waals surface area contributed by atoms with Gasteiger partial charge in [0.1, 0.15) is 5.82 Å². The third-order valence-electron chi connectivity index (χ3n) is 2.53. The van der Waals surface area contributed by atoms with Crippen LogP contribution in [0.25, 0.3) is 0 Å². The summed E-state index contributed by atoms with van der Waals surface area (Å²) in [5, 5.41) is 0. The van der Waals surface area contributed by atoms with Crippen molar-refractivity contribution in [2.75, 3.05) is 5.73 Å². The van der Waals surface area contributed by atoms with Gasteiger partial charge in [-0.2, -0.15) is 0 Å². The van der Waals surface area contributed by atoms with E-state index in [1.54, 1.807) is 31.2 Å². The van der Waals surface area contributed by atoms with Gasteiger partial charge in [0.2, 0.25) is 9.84 Å². The van der Waals surface area contributed by atoms with Gasteiger partial charge in [0.15, 0.2) is 0 Å². The first-order valence-corrected chi connectivity index (χ1v) is 7.41. The van der Waals surface area contributed by atoms with Gasteiger partial charge in [-0.15, -0.1) is 0 Å². The molecule has 2 N–H and O–H groups in total. The molecule has 0 spiro atoms. The number of hydrogen-bond donors (Lipinski definition) is 1. The summed E-state index contributed by atoms with van der Waals surface area (Å²) in [6, 6.07) is 7.99. The van der Waals surface area contributed by atoms with Crippen LogP contribution in [0.5, 0.6) is 0 Å². The van der Waals surface area contributed by atoms with Gasteiger partial charge in [-0.1, -0.05) is 15.9 Å². The SMILES string of the molecule is Cc1cc(S(=O)(=O)c2ccc(Br)cc2)cnc1N. The fourth-order valence-corrected chi connectivity index (χ4v) is 3.01. The van der Waals surface area contributed by atoms with E-state index in [9.17, 15) is 8.42 Å². The van der Waals surface area contributed by atoms with Crippen molar-refractivity contribution in [2.45, 2.75) is 16.7 Å². The van der Waals surface area contributed by atoms with Crippen molar-refractivity contribution >= 4 is 31.6 Å². The van der Waals surface area contributed by atoms with E-state index < -0.39 is 9.84 Å². The minimum atomic E-state index is -3.53. The number of nitrogens with two attached hydrogens (primary N) is 1. The van der Waals surface area contributed by atoms with Gasteiger partial charge in [-0.3, -0.25) is 0 Å². The number of benzene rings is 1. The third kappa shape index (κ3) is 2.39. The van der Waals surface area contributed by atoms with Crippen molar-refractivity contribution in [1.29, 1.82) is 0 Å². The Bertz CT molecular complexity index is 682. The molecular weight excluding hydrogens is 316 g/mol. The van der Waals surface area contributed by atoms with E-state index >= 15 is 0 Å². The van der Waals surface area contributed by atoms with Crippen LogP contribution in [0.3, 0.4) is 0 Å². The van der Waals surface area contributed by atoms with Crippen LogP contribution in [0, 0.1) is 6.92 Å². The van der Waals surface area contributed by atoms with Crippen molar-refractivity contribution in [3.8, 4) is 0 Å². The summed E-state index contributed by atoms with van der Waals surface area (Å²) < 4.78 is 25.5. The molecule has 4 nitrogen and oxygen atoms in total. The molecule has 2 aromatic rings. The Morgan fingerprint density at radius 3 is 2.33 bits per heavy atom. The van der Waals surface area contributed by atoms with E-state index in [2.05, 4.69) is 20.9 Å². The van der Waals surface area contributed by atoms with E-state index in [-0.39, 0.29) is 9.79 Å². The van der Waals surface area contributed by atoms with Gasteiger partial charge in [0.25, 0.3) is 0 Å². The summed E-state index contributed by atoms with van der Waals surface area (Å²) in [6.45, 7) is 1.73. The molecule has 0 fully saturated rings. The number of aryl methyl sites for hydroxylation is 1. The maximum atomic E-state index is 12.3. The lowest BCUT2D eigenvalue weighted by Gasteiger charge is -2.06. The molecule has 1 aromatic heterocycles. The van der Waals surface area contributed by atoms with Crippen LogP contribution in [-0.4, -0.2) is 13.4 Å². The number of aromatic nitrogens is 1. The Hall–Kier alpha value is -1.40. The first-order chi connectivity index (χ1) is 8.41. The van der Waals surface area contributed by atoms with E-state index in [0.717, 1.165) is 4.47 Å². The fraction of sp³-hybridized carbons (Fsp3) is 0.0833. The molecule has 0 saturated heterocycles. The highest BCUT2D eigenvalue weighted by Crippen LogP contribution is 2.23. The van der Waals surface area contributed by atoms with Crippen molar-refractivity contribution in [3.63, 3.8) is 0 Å². The Labute approximate surface area is 114 Å². The minimum Gasteiger partial charge on any atom is -0.383 e. The fourth-order valence-electron chi connectivity index (χ4n) is 1.46. The van der Waals surface area contributed by atoms with Gasteiger partial charge in [0, 0.05) is 10.7 Å². The van der Waals surface area contributed by atoms with Gasteiger partial charge in [-0.05, 0) is 42.8 Å². The summed E-state index contributed by atoms with van der Waals surface area (Å²) in [5.41, 5.74) is 6.22. The standard InChI is InChI=1S/C12H11BrN2O2S/c1-8-6-11(7-15-12(8)14)18(16,17)10-4-2-9(13)3-5-10/h2-7H,1H3,(H2,14,15). The molecule has 0 aliphatic carbocycles. The monoisotopic (exact) mass is 326 g/mol. The van der Waals surface area contributed by atoms with Crippen LogP contribution in [0.2, 0.25) is 0 Å². The second kappa shape index (κ2) is 4.70. The van der Waals surface area contributed by atoms with Crippen LogP contribution < -0.4 is 5.73 Å². The maximum absolute atomic E-state index is 12.3. The molecular formula is C12H11BrN2O2S. The van der Waals surface area contributed by atoms with Gasteiger partial charge < -0.3 is 5.73 Å². The number of hydrogen-bond acceptors (Lipinski definition) is 4. The molecule has 18 heavy (non-hydrogen) atoms. The van der Waals surface area contributed by atoms with Gasteiger partial charge in [0.05, 0.1) is 9.79 Å². The quantitative estimate of drug-likeness (QED) is 0.920. The highest BCUT2D eigenvalue weighted by molar-refractivity contribution is 9.10. The summed E-state index contributed by atoms with van der Waals surface area (Å²) in [5.74, 6) is 0.338. The molecule has 0 amide bonds. The first kappa shape index (κ1) is 13.0. The molecule has 1 heterocycles. The first-order valence-electron chi connectivity index (χ1n) is 5.14. The maximum Gasteiger partial charge on any atom is 0.208 e. The zero-order valence-corrected chi connectivity index (χ0v) is 12.0. The van der Waals surface area contributed by atoms with Crippen LogP contribution in [0.4, 0.5) is 5.82 Å². The van der Waals surface area contributed by atoms with Crippen molar-refractivity contribution in [3.05, 3.63) is 46.6 Å². The Kier molecular flexibility index (Phi) is 3.41. The lowest BCUT2D eigenvalue weighted by Crippen LogP contribution is -2.04. The zero-order chi connectivity index (χ0) is 13.3. The molecule has 0 saturated carbocycles. The smallest absolute Gasteiger partial charge is 0.208 e. The second-order valence-corrected chi connectivity index (χ2v) is 6.70. The normalized spacial score (nSPS) is 11.4. The molecule has 1 aromatic carbocycles. The molecule has 0 atom stereocenters. The average Bonchev–Trinajstić information content (AvgIpc) is 2.33. The van der Waals surface area contributed by atoms with Gasteiger partial charge in [-0.25, -0.2) is 13.4 Å². The number of rotatable bonds is 2. The Balaban J connectivity index is 2.54. The summed E-state index contributed by atoms with van der Waals surface area (Å²) in [4.78, 5) is 4.26. The lowest BCUT2D eigenvalue weighted by molar-refractivity contribution is 0.595. The van der Waals surface area contributed by atoms with Crippen LogP contribution in [0.1, 0.15) is 5.56 Å². The van der Waals surface area contributed by atoms with Crippen LogP contribution in [-0.2, 0) is 9.84 Å². The van der Waals surface area contributed by atoms with Crippen molar-refractivity contribution < 1.29 is 8.42 Å². The minimum absolute atomic E-state index is 0.150. The van der Waals surface area contributed by atoms with Gasteiger partial charge >= 0.3 is 0 Å². The topological polar surface area (TPSA) is 73.0 Å². The number of sulfone groups is 1. The summed E-state index contributed by atoms with van der Waals surface area (Å²) in [7, 11) is -3.53. The van der Waals surface area contributed by atoms with Crippen LogP contribution >= 0.6 is 15.9 Å². The highest BCUT2D eigenvalue weighted by Gasteiger charge is 2.18. The average molecular weight is 327 g/mol. The molecule has 0 bridgehead atoms. The Morgan fingerprint density at radius 2 is 1.78 bits per heavy atom. The van der Waals surface area contributed by atoms with E-state index in [4.69, 9.17) is 5.73 Å². The number of halogens is 1. The molecule has 0 radical (unpaired) electrons. The molecule has 2 rings (SSSR count). The summed E-state index contributed by atoms with van der Waals surface area (Å²) >= 11 is 3.27. The highest BCUT2D eigenvalue weighted by atomic mass is 79.9. The zero-order valence-electron chi connectivity index (χ0n) is 9.59. The Morgan fingerprint density at radius 1 is 1.17 bits per heavy atom. The predicted octanol–water partition coefficient (Wildman–Crippen LogP) is 2.57. The molecule has 0 aliphatic rings. The molecule has 6 heteroatoms. The lowest BCUT2D eigenvalue weighted by atomic mass is 10.3.